The Labute approximate surface area is 279 Å². The number of hydrogen-bond acceptors (Lipinski definition) is 6. The van der Waals surface area contributed by atoms with E-state index in [1.54, 1.807) is 7.11 Å². The molecule has 0 amide bonds. The van der Waals surface area contributed by atoms with Crippen molar-refractivity contribution in [3.8, 4) is 5.75 Å². The molecule has 1 aromatic rings. The molecule has 0 fully saturated rings. The van der Waals surface area contributed by atoms with Gasteiger partial charge in [0.15, 0.2) is 16.6 Å². The summed E-state index contributed by atoms with van der Waals surface area (Å²) in [5.41, 5.74) is 0.562. The minimum atomic E-state index is -2.19. The molecule has 4 atom stereocenters. The first-order chi connectivity index (χ1) is 20.3. The lowest BCUT2D eigenvalue weighted by molar-refractivity contribution is -0.157. The fraction of sp³-hybridized carbons (Fsp3) is 0.757. The van der Waals surface area contributed by atoms with E-state index in [9.17, 15) is 4.79 Å². The zero-order chi connectivity index (χ0) is 35.0. The lowest BCUT2D eigenvalue weighted by Crippen LogP contribution is -2.47. The summed E-state index contributed by atoms with van der Waals surface area (Å²) < 4.78 is 31.5. The Kier molecular flexibility index (Phi) is 15.3. The van der Waals surface area contributed by atoms with Gasteiger partial charge in [0.05, 0.1) is 38.4 Å². The van der Waals surface area contributed by atoms with Crippen molar-refractivity contribution >= 4 is 22.6 Å². The van der Waals surface area contributed by atoms with E-state index in [4.69, 9.17) is 23.1 Å². The predicted octanol–water partition coefficient (Wildman–Crippen LogP) is 10.3. The highest BCUT2D eigenvalue weighted by Gasteiger charge is 2.42. The molecule has 0 saturated heterocycles. The van der Waals surface area contributed by atoms with E-state index in [0.29, 0.717) is 18.9 Å². The number of hydrogen-bond donors (Lipinski definition) is 0. The number of methoxy groups -OCH3 is 1. The highest BCUT2D eigenvalue weighted by molar-refractivity contribution is 6.74. The summed E-state index contributed by atoms with van der Waals surface area (Å²) in [7, 11) is -2.66. The van der Waals surface area contributed by atoms with E-state index in [1.807, 2.05) is 45.0 Å². The molecule has 0 spiro atoms. The highest BCUT2D eigenvalue weighted by Crippen LogP contribution is 2.40. The van der Waals surface area contributed by atoms with Crippen molar-refractivity contribution in [2.45, 2.75) is 163 Å². The van der Waals surface area contributed by atoms with E-state index in [0.717, 1.165) is 11.3 Å². The lowest BCUT2D eigenvalue weighted by atomic mass is 9.93. The number of rotatable bonds is 16. The van der Waals surface area contributed by atoms with Gasteiger partial charge in [-0.15, -0.1) is 0 Å². The van der Waals surface area contributed by atoms with Crippen LogP contribution in [0.1, 0.15) is 101 Å². The molecule has 0 heterocycles. The van der Waals surface area contributed by atoms with Crippen molar-refractivity contribution in [3.63, 3.8) is 0 Å². The molecule has 0 aromatic heterocycles. The average Bonchev–Trinajstić information content (AvgIpc) is 2.84. The van der Waals surface area contributed by atoms with Crippen LogP contribution in [0.15, 0.2) is 36.4 Å². The molecule has 1 aromatic carbocycles. The van der Waals surface area contributed by atoms with E-state index in [2.05, 4.69) is 101 Å². The topological polar surface area (TPSA) is 63.2 Å². The third-order valence-corrected chi connectivity index (χ3v) is 18.3. The van der Waals surface area contributed by atoms with Gasteiger partial charge in [-0.25, -0.2) is 0 Å². The van der Waals surface area contributed by atoms with Gasteiger partial charge in [-0.3, -0.25) is 4.79 Å². The Morgan fingerprint density at radius 3 is 1.76 bits per heavy atom. The van der Waals surface area contributed by atoms with Gasteiger partial charge in [-0.1, -0.05) is 86.6 Å². The van der Waals surface area contributed by atoms with Gasteiger partial charge < -0.3 is 23.1 Å². The van der Waals surface area contributed by atoms with Gasteiger partial charge in [0.25, 0.3) is 0 Å². The van der Waals surface area contributed by atoms with Crippen LogP contribution in [0.4, 0.5) is 0 Å². The molecule has 260 valence electrons. The number of benzene rings is 1. The predicted molar refractivity (Wildman–Crippen MR) is 194 cm³/mol. The minimum Gasteiger partial charge on any atom is -0.497 e. The lowest BCUT2D eigenvalue weighted by Gasteiger charge is -2.42. The highest BCUT2D eigenvalue weighted by atomic mass is 28.4. The van der Waals surface area contributed by atoms with Gasteiger partial charge in [-0.05, 0) is 80.6 Å². The van der Waals surface area contributed by atoms with Crippen LogP contribution in [0.25, 0.3) is 0 Å². The quantitative estimate of drug-likeness (QED) is 0.0996. The van der Waals surface area contributed by atoms with Gasteiger partial charge in [0.1, 0.15) is 11.4 Å². The van der Waals surface area contributed by atoms with E-state index < -0.39 is 22.2 Å². The van der Waals surface area contributed by atoms with Crippen molar-refractivity contribution in [1.29, 1.82) is 0 Å². The van der Waals surface area contributed by atoms with Crippen molar-refractivity contribution < 1.29 is 27.9 Å². The largest absolute Gasteiger partial charge is 0.497 e. The molecular weight excluding hydrogens is 597 g/mol. The van der Waals surface area contributed by atoms with E-state index in [-0.39, 0.29) is 46.7 Å². The summed E-state index contributed by atoms with van der Waals surface area (Å²) in [6, 6.07) is 8.03. The summed E-state index contributed by atoms with van der Waals surface area (Å²) in [4.78, 5) is 13.1. The molecule has 0 aliphatic carbocycles. The zero-order valence-corrected chi connectivity index (χ0v) is 33.9. The molecule has 0 aliphatic heterocycles. The van der Waals surface area contributed by atoms with Crippen molar-refractivity contribution in [2.24, 2.45) is 11.8 Å². The molecular formula is C37H68O6Si2. The van der Waals surface area contributed by atoms with Crippen LogP contribution in [0, 0.1) is 11.8 Å². The maximum atomic E-state index is 13.1. The molecule has 8 heteroatoms. The number of carbonyl (C=O) groups excluding carboxylic acids is 1. The third kappa shape index (κ3) is 14.5. The smallest absolute Gasteiger partial charge is 0.308 e. The van der Waals surface area contributed by atoms with Crippen LogP contribution >= 0.6 is 0 Å². The molecule has 1 rings (SSSR count). The first-order valence-electron chi connectivity index (χ1n) is 16.8. The monoisotopic (exact) mass is 664 g/mol. The van der Waals surface area contributed by atoms with E-state index >= 15 is 0 Å². The van der Waals surface area contributed by atoms with Gasteiger partial charge >= 0.3 is 5.97 Å². The Balaban J connectivity index is 3.35. The van der Waals surface area contributed by atoms with E-state index in [1.165, 1.54) is 0 Å². The first-order valence-corrected chi connectivity index (χ1v) is 22.6. The number of ether oxygens (including phenoxy) is 3. The molecule has 6 nitrogen and oxygen atoms in total. The fourth-order valence-electron chi connectivity index (χ4n) is 4.59. The summed E-state index contributed by atoms with van der Waals surface area (Å²) in [6.07, 6.45) is 4.73. The second kappa shape index (κ2) is 16.6. The van der Waals surface area contributed by atoms with Gasteiger partial charge in [0, 0.05) is 12.3 Å². The van der Waals surface area contributed by atoms with Crippen LogP contribution in [0.2, 0.25) is 36.3 Å². The van der Waals surface area contributed by atoms with Crippen LogP contribution in [-0.4, -0.2) is 53.6 Å². The third-order valence-electron chi connectivity index (χ3n) is 9.24. The standard InChI is InChI=1S/C37H68O6Si2/c1-27(2)34(40-26-29-19-22-30(39-13)23-20-29)28(3)18-21-31(42-44(14,15)36(7,8)9)24-32(25-33(38)41-35(4,5)6)43-45(16,17)37(10,11)12/h18-23,27-28,31-32,34H,24-26H2,1-17H3/b21-18+/t28-,31-,32-,34-/m0/s1. The first kappa shape index (κ1) is 41.6. The average molecular weight is 665 g/mol. The maximum absolute atomic E-state index is 13.1. The van der Waals surface area contributed by atoms with Crippen molar-refractivity contribution in [2.75, 3.05) is 7.11 Å². The van der Waals surface area contributed by atoms with Crippen LogP contribution in [-0.2, 0) is 29.7 Å². The van der Waals surface area contributed by atoms with Crippen LogP contribution in [0.3, 0.4) is 0 Å². The van der Waals surface area contributed by atoms with Gasteiger partial charge in [0.2, 0.25) is 0 Å². The molecule has 0 bridgehead atoms. The van der Waals surface area contributed by atoms with Gasteiger partial charge in [-0.2, -0.15) is 0 Å². The molecule has 0 saturated carbocycles. The molecule has 0 N–H and O–H groups in total. The summed E-state index contributed by atoms with van der Waals surface area (Å²) in [5, 5.41) is 0.0403. The second-order valence-corrected chi connectivity index (χ2v) is 26.6. The fourth-order valence-corrected chi connectivity index (χ4v) is 7.24. The van der Waals surface area contributed by atoms with Crippen LogP contribution < -0.4 is 4.74 Å². The molecule has 0 radical (unpaired) electrons. The Morgan fingerprint density at radius 1 is 0.800 bits per heavy atom. The van der Waals surface area contributed by atoms with Crippen molar-refractivity contribution in [3.05, 3.63) is 42.0 Å². The minimum absolute atomic E-state index is 0.00499. The number of esters is 1. The summed E-state index contributed by atoms with van der Waals surface area (Å²) in [6.45, 7) is 35.4. The molecule has 45 heavy (non-hydrogen) atoms. The molecule has 0 aliphatic rings. The SMILES string of the molecule is COc1ccc(CO[C@@H](C(C)C)[C@@H](C)/C=C/[C@@H](C[C@@H](CC(=O)OC(C)(C)C)O[Si](C)(C)C(C)(C)C)O[Si](C)(C)C(C)(C)C)cc1. The Hall–Kier alpha value is -1.46. The Morgan fingerprint density at radius 2 is 1.31 bits per heavy atom. The number of carbonyl (C=O) groups is 1. The zero-order valence-electron chi connectivity index (χ0n) is 31.9. The second-order valence-electron chi connectivity index (χ2n) is 17.1. The normalized spacial score (nSPS) is 16.5. The van der Waals surface area contributed by atoms with Crippen LogP contribution in [0.5, 0.6) is 5.75 Å². The van der Waals surface area contributed by atoms with Crippen molar-refractivity contribution in [1.82, 2.24) is 0 Å². The molecule has 0 unspecified atom stereocenters. The Bertz CT molecular complexity index is 1060. The summed E-state index contributed by atoms with van der Waals surface area (Å²) >= 11 is 0. The maximum Gasteiger partial charge on any atom is 0.308 e. The summed E-state index contributed by atoms with van der Waals surface area (Å²) in [5.74, 6) is 1.08.